The van der Waals surface area contributed by atoms with Crippen LogP contribution in [0.4, 0.5) is 0 Å². The molecule has 0 radical (unpaired) electrons. The van der Waals surface area contributed by atoms with Crippen molar-refractivity contribution in [1.82, 2.24) is 24.8 Å². The smallest absolute Gasteiger partial charge is 0.262 e. The molecule has 33 heavy (non-hydrogen) atoms. The van der Waals surface area contributed by atoms with Gasteiger partial charge in [-0.3, -0.25) is 9.36 Å². The van der Waals surface area contributed by atoms with Crippen LogP contribution in [-0.4, -0.2) is 25.6 Å². The number of benzene rings is 2. The minimum absolute atomic E-state index is 0.0681. The fourth-order valence-electron chi connectivity index (χ4n) is 4.71. The van der Waals surface area contributed by atoms with Gasteiger partial charge in [-0.2, -0.15) is 0 Å². The van der Waals surface area contributed by atoms with Crippen molar-refractivity contribution in [3.63, 3.8) is 0 Å². The second-order valence-electron chi connectivity index (χ2n) is 8.61. The van der Waals surface area contributed by atoms with Crippen LogP contribution in [0.25, 0.3) is 21.0 Å². The molecule has 0 amide bonds. The van der Waals surface area contributed by atoms with Gasteiger partial charge in [-0.05, 0) is 47.2 Å². The molecule has 1 aliphatic carbocycles. The molecule has 2 aromatic carbocycles. The number of rotatable bonds is 5. The highest BCUT2D eigenvalue weighted by molar-refractivity contribution is 7.18. The molecule has 3 heterocycles. The van der Waals surface area contributed by atoms with Crippen LogP contribution in [0.5, 0.6) is 0 Å². The molecule has 7 heteroatoms. The van der Waals surface area contributed by atoms with E-state index >= 15 is 0 Å². The molecule has 1 N–H and O–H groups in total. The Morgan fingerprint density at radius 2 is 1.91 bits per heavy atom. The van der Waals surface area contributed by atoms with Crippen LogP contribution in [0, 0.1) is 0 Å². The van der Waals surface area contributed by atoms with Gasteiger partial charge in [0.15, 0.2) is 0 Å². The summed E-state index contributed by atoms with van der Waals surface area (Å²) in [6.45, 7) is 1.28. The molecule has 0 spiro atoms. The molecular weight excluding hydrogens is 430 g/mol. The molecule has 1 unspecified atom stereocenters. The van der Waals surface area contributed by atoms with Gasteiger partial charge in [-0.1, -0.05) is 36.4 Å². The van der Waals surface area contributed by atoms with Gasteiger partial charge in [-0.15, -0.1) is 11.3 Å². The molecule has 6 nitrogen and oxygen atoms in total. The van der Waals surface area contributed by atoms with Crippen LogP contribution in [0.2, 0.25) is 0 Å². The van der Waals surface area contributed by atoms with Crippen LogP contribution in [0.1, 0.15) is 28.0 Å². The van der Waals surface area contributed by atoms with Gasteiger partial charge in [0.1, 0.15) is 11.2 Å². The largest absolute Gasteiger partial charge is 0.309 e. The second kappa shape index (κ2) is 8.50. The number of fused-ring (bicyclic) bond motifs is 4. The van der Waals surface area contributed by atoms with Crippen LogP contribution >= 0.6 is 11.3 Å². The van der Waals surface area contributed by atoms with E-state index in [1.54, 1.807) is 28.6 Å². The number of aromatic nitrogens is 4. The first-order chi connectivity index (χ1) is 16.2. The van der Waals surface area contributed by atoms with Crippen LogP contribution in [0.3, 0.4) is 0 Å². The molecule has 5 aromatic rings. The second-order valence-corrected chi connectivity index (χ2v) is 9.69. The summed E-state index contributed by atoms with van der Waals surface area (Å²) in [7, 11) is 0. The van der Waals surface area contributed by atoms with E-state index in [0.717, 1.165) is 47.2 Å². The molecule has 0 bridgehead atoms. The number of thiophene rings is 1. The third-order valence-electron chi connectivity index (χ3n) is 6.41. The molecule has 1 atom stereocenters. The summed E-state index contributed by atoms with van der Waals surface area (Å²) >= 11 is 1.67. The zero-order valence-electron chi connectivity index (χ0n) is 18.1. The molecule has 0 saturated carbocycles. The molecule has 0 aliphatic heterocycles. The molecule has 164 valence electrons. The van der Waals surface area contributed by atoms with Crippen LogP contribution in [-0.2, 0) is 25.9 Å². The van der Waals surface area contributed by atoms with Crippen LogP contribution in [0.15, 0.2) is 72.3 Å². The van der Waals surface area contributed by atoms with Gasteiger partial charge < -0.3 is 5.32 Å². The van der Waals surface area contributed by atoms with Gasteiger partial charge in [-0.25, -0.2) is 15.0 Å². The van der Waals surface area contributed by atoms with Crippen molar-refractivity contribution in [2.45, 2.75) is 38.4 Å². The average molecular weight is 454 g/mol. The van der Waals surface area contributed by atoms with E-state index in [9.17, 15) is 4.79 Å². The van der Waals surface area contributed by atoms with E-state index < -0.39 is 0 Å². The number of nitrogens with zero attached hydrogens (tertiary/aromatic N) is 4. The van der Waals surface area contributed by atoms with E-state index in [4.69, 9.17) is 0 Å². The highest BCUT2D eigenvalue weighted by Crippen LogP contribution is 2.33. The quantitative estimate of drug-likeness (QED) is 0.434. The lowest BCUT2D eigenvalue weighted by molar-refractivity contribution is 0.462. The van der Waals surface area contributed by atoms with Gasteiger partial charge >= 0.3 is 0 Å². The van der Waals surface area contributed by atoms with E-state index in [2.05, 4.69) is 50.6 Å². The highest BCUT2D eigenvalue weighted by Gasteiger charge is 2.25. The molecule has 0 fully saturated rings. The SMILES string of the molecule is O=c1c2c3c(sc2ncn1Cc1ccc2ccccc2c1)CC(NCc1cncnc1)CC3. The lowest BCUT2D eigenvalue weighted by Crippen LogP contribution is -2.34. The fraction of sp³-hybridized carbons (Fsp3) is 0.231. The van der Waals surface area contributed by atoms with Gasteiger partial charge in [0.2, 0.25) is 0 Å². The Balaban J connectivity index is 1.25. The van der Waals surface area contributed by atoms with Crippen molar-refractivity contribution in [3.8, 4) is 0 Å². The average Bonchev–Trinajstić information content (AvgIpc) is 3.23. The monoisotopic (exact) mass is 453 g/mol. The Labute approximate surface area is 195 Å². The summed E-state index contributed by atoms with van der Waals surface area (Å²) in [6, 6.07) is 15.0. The standard InChI is InChI=1S/C26H23N5OS/c32-26-24-22-8-7-21(29-13-18-11-27-15-28-12-18)10-23(22)33-25(24)30-16-31(26)14-17-5-6-19-3-1-2-4-20(19)9-17/h1-6,9,11-12,15-16,21,29H,7-8,10,13-14H2. The maximum Gasteiger partial charge on any atom is 0.262 e. The predicted octanol–water partition coefficient (Wildman–Crippen LogP) is 4.10. The van der Waals surface area contributed by atoms with Crippen molar-refractivity contribution in [2.24, 2.45) is 0 Å². The lowest BCUT2D eigenvalue weighted by Gasteiger charge is -2.23. The molecule has 6 rings (SSSR count). The normalized spacial score (nSPS) is 15.7. The minimum Gasteiger partial charge on any atom is -0.309 e. The summed E-state index contributed by atoms with van der Waals surface area (Å²) in [5, 5.41) is 6.82. The maximum atomic E-state index is 13.4. The van der Waals surface area contributed by atoms with E-state index in [0.29, 0.717) is 12.6 Å². The first-order valence-corrected chi connectivity index (χ1v) is 12.0. The fourth-order valence-corrected chi connectivity index (χ4v) is 5.96. The number of nitrogens with one attached hydrogen (secondary N) is 1. The Morgan fingerprint density at radius 3 is 2.79 bits per heavy atom. The van der Waals surface area contributed by atoms with Gasteiger partial charge in [0, 0.05) is 35.4 Å². The third kappa shape index (κ3) is 3.94. The number of hydrogen-bond donors (Lipinski definition) is 1. The predicted molar refractivity (Wildman–Crippen MR) is 132 cm³/mol. The number of hydrogen-bond acceptors (Lipinski definition) is 6. The highest BCUT2D eigenvalue weighted by atomic mass is 32.1. The molecule has 0 saturated heterocycles. The summed E-state index contributed by atoms with van der Waals surface area (Å²) < 4.78 is 1.75. The third-order valence-corrected chi connectivity index (χ3v) is 7.57. The van der Waals surface area contributed by atoms with Crippen LogP contribution < -0.4 is 10.9 Å². The van der Waals surface area contributed by atoms with Crippen molar-refractivity contribution in [1.29, 1.82) is 0 Å². The van der Waals surface area contributed by atoms with Crippen molar-refractivity contribution in [3.05, 3.63) is 99.4 Å². The Morgan fingerprint density at radius 1 is 1.06 bits per heavy atom. The summed E-state index contributed by atoms with van der Waals surface area (Å²) in [4.78, 5) is 28.4. The van der Waals surface area contributed by atoms with E-state index in [1.807, 2.05) is 24.5 Å². The maximum absolute atomic E-state index is 13.4. The van der Waals surface area contributed by atoms with Crippen molar-refractivity contribution < 1.29 is 0 Å². The number of aryl methyl sites for hydroxylation is 1. The zero-order valence-corrected chi connectivity index (χ0v) is 18.9. The molecule has 3 aromatic heterocycles. The topological polar surface area (TPSA) is 72.7 Å². The minimum atomic E-state index is 0.0681. The first-order valence-electron chi connectivity index (χ1n) is 11.2. The Kier molecular flexibility index (Phi) is 5.20. The first kappa shape index (κ1) is 20.2. The summed E-state index contributed by atoms with van der Waals surface area (Å²) in [5.41, 5.74) is 3.45. The van der Waals surface area contributed by atoms with Crippen molar-refractivity contribution in [2.75, 3.05) is 0 Å². The van der Waals surface area contributed by atoms with Gasteiger partial charge in [0.05, 0.1) is 18.3 Å². The van der Waals surface area contributed by atoms with Gasteiger partial charge in [0.25, 0.3) is 5.56 Å². The van der Waals surface area contributed by atoms with E-state index in [-0.39, 0.29) is 5.56 Å². The molecular formula is C26H23N5OS. The lowest BCUT2D eigenvalue weighted by atomic mass is 9.93. The van der Waals surface area contributed by atoms with E-state index in [1.165, 1.54) is 21.2 Å². The Hall–Kier alpha value is -3.42. The summed E-state index contributed by atoms with van der Waals surface area (Å²) in [5.74, 6) is 0. The van der Waals surface area contributed by atoms with Crippen molar-refractivity contribution >= 4 is 32.3 Å². The zero-order chi connectivity index (χ0) is 22.2. The Bertz CT molecular complexity index is 1510. The molecule has 1 aliphatic rings. The summed E-state index contributed by atoms with van der Waals surface area (Å²) in [6.07, 6.45) is 9.76.